The van der Waals surface area contributed by atoms with Crippen LogP contribution in [0.15, 0.2) is 18.2 Å². The molecular formula is C11H15N3. The van der Waals surface area contributed by atoms with Crippen molar-refractivity contribution in [1.29, 1.82) is 5.26 Å². The molecule has 1 rings (SSSR count). The first kappa shape index (κ1) is 10.4. The van der Waals surface area contributed by atoms with Crippen LogP contribution in [0.5, 0.6) is 0 Å². The number of anilines is 2. The second-order valence-electron chi connectivity index (χ2n) is 3.65. The Kier molecular flexibility index (Phi) is 3.35. The van der Waals surface area contributed by atoms with Crippen molar-refractivity contribution < 1.29 is 0 Å². The van der Waals surface area contributed by atoms with Gasteiger partial charge in [-0.2, -0.15) is 5.26 Å². The van der Waals surface area contributed by atoms with E-state index in [-0.39, 0.29) is 0 Å². The molecule has 0 radical (unpaired) electrons. The molecule has 0 aliphatic rings. The molecule has 0 saturated heterocycles. The van der Waals surface area contributed by atoms with Crippen LogP contribution in [-0.2, 0) is 0 Å². The van der Waals surface area contributed by atoms with Gasteiger partial charge in [-0.1, -0.05) is 19.9 Å². The van der Waals surface area contributed by atoms with Crippen LogP contribution >= 0.6 is 0 Å². The van der Waals surface area contributed by atoms with Crippen molar-refractivity contribution in [3.05, 3.63) is 23.8 Å². The van der Waals surface area contributed by atoms with Gasteiger partial charge in [-0.3, -0.25) is 0 Å². The summed E-state index contributed by atoms with van der Waals surface area (Å²) in [6, 6.07) is 7.49. The van der Waals surface area contributed by atoms with Gasteiger partial charge in [-0.05, 0) is 18.1 Å². The molecule has 3 heteroatoms. The highest BCUT2D eigenvalue weighted by Gasteiger charge is 2.03. The third-order valence-corrected chi connectivity index (χ3v) is 1.93. The lowest BCUT2D eigenvalue weighted by molar-refractivity contribution is 0.689. The summed E-state index contributed by atoms with van der Waals surface area (Å²) in [5.41, 5.74) is 7.70. The summed E-state index contributed by atoms with van der Waals surface area (Å²) >= 11 is 0. The molecular weight excluding hydrogens is 174 g/mol. The standard InChI is InChI=1S/C11H15N3/c1-8(2)7-14-10-5-3-4-9(6-12)11(10)13/h3-5,8,14H,7,13H2,1-2H3. The van der Waals surface area contributed by atoms with Crippen LogP contribution in [0.4, 0.5) is 11.4 Å². The molecule has 0 saturated carbocycles. The highest BCUT2D eigenvalue weighted by atomic mass is 14.9. The minimum absolute atomic E-state index is 0.527. The molecule has 3 nitrogen and oxygen atoms in total. The molecule has 0 amide bonds. The number of nitrogens with one attached hydrogen (secondary N) is 1. The Hall–Kier alpha value is -1.69. The summed E-state index contributed by atoms with van der Waals surface area (Å²) in [6.45, 7) is 5.10. The fourth-order valence-corrected chi connectivity index (χ4v) is 1.13. The predicted molar refractivity (Wildman–Crippen MR) is 58.9 cm³/mol. The topological polar surface area (TPSA) is 61.8 Å². The number of nitriles is 1. The van der Waals surface area contributed by atoms with Crippen LogP contribution in [0.1, 0.15) is 19.4 Å². The second-order valence-corrected chi connectivity index (χ2v) is 3.65. The molecule has 0 aliphatic carbocycles. The van der Waals surface area contributed by atoms with E-state index in [1.165, 1.54) is 0 Å². The minimum atomic E-state index is 0.527. The zero-order valence-corrected chi connectivity index (χ0v) is 8.54. The number of para-hydroxylation sites is 1. The third-order valence-electron chi connectivity index (χ3n) is 1.93. The van der Waals surface area contributed by atoms with Crippen LogP contribution in [0.2, 0.25) is 0 Å². The van der Waals surface area contributed by atoms with Gasteiger partial charge < -0.3 is 11.1 Å². The molecule has 0 heterocycles. The first-order valence-corrected chi connectivity index (χ1v) is 4.67. The number of hydrogen-bond acceptors (Lipinski definition) is 3. The van der Waals surface area contributed by atoms with E-state index >= 15 is 0 Å². The zero-order chi connectivity index (χ0) is 10.6. The zero-order valence-electron chi connectivity index (χ0n) is 8.54. The van der Waals surface area contributed by atoms with E-state index in [2.05, 4.69) is 25.2 Å². The summed E-state index contributed by atoms with van der Waals surface area (Å²) in [6.07, 6.45) is 0. The first-order chi connectivity index (χ1) is 6.65. The fraction of sp³-hybridized carbons (Fsp3) is 0.364. The van der Waals surface area contributed by atoms with Crippen molar-refractivity contribution >= 4 is 11.4 Å². The van der Waals surface area contributed by atoms with Crippen LogP contribution in [0, 0.1) is 17.2 Å². The maximum atomic E-state index is 8.76. The third kappa shape index (κ3) is 2.40. The number of rotatable bonds is 3. The van der Waals surface area contributed by atoms with E-state index in [0.29, 0.717) is 17.2 Å². The van der Waals surface area contributed by atoms with Crippen molar-refractivity contribution in [2.45, 2.75) is 13.8 Å². The van der Waals surface area contributed by atoms with Crippen molar-refractivity contribution in [2.24, 2.45) is 5.92 Å². The number of nitrogens with zero attached hydrogens (tertiary/aromatic N) is 1. The SMILES string of the molecule is CC(C)CNc1cccc(C#N)c1N. The molecule has 3 N–H and O–H groups in total. The van der Waals surface area contributed by atoms with E-state index in [1.807, 2.05) is 12.1 Å². The summed E-state index contributed by atoms with van der Waals surface area (Å²) in [7, 11) is 0. The Bertz CT molecular complexity index is 350. The summed E-state index contributed by atoms with van der Waals surface area (Å²) < 4.78 is 0. The molecule has 1 aromatic carbocycles. The number of benzene rings is 1. The van der Waals surface area contributed by atoms with Gasteiger partial charge in [0, 0.05) is 6.54 Å². The van der Waals surface area contributed by atoms with E-state index in [0.717, 1.165) is 12.2 Å². The quantitative estimate of drug-likeness (QED) is 0.716. The van der Waals surface area contributed by atoms with Crippen molar-refractivity contribution in [2.75, 3.05) is 17.6 Å². The second kappa shape index (κ2) is 4.52. The normalized spacial score (nSPS) is 9.86. The number of nitrogen functional groups attached to an aromatic ring is 1. The molecule has 14 heavy (non-hydrogen) atoms. The summed E-state index contributed by atoms with van der Waals surface area (Å²) in [5, 5.41) is 12.0. The van der Waals surface area contributed by atoms with Crippen molar-refractivity contribution in [3.63, 3.8) is 0 Å². The molecule has 0 fully saturated rings. The monoisotopic (exact) mass is 189 g/mol. The average molecular weight is 189 g/mol. The lowest BCUT2D eigenvalue weighted by Crippen LogP contribution is -2.09. The fourth-order valence-electron chi connectivity index (χ4n) is 1.13. The van der Waals surface area contributed by atoms with Crippen LogP contribution in [0.25, 0.3) is 0 Å². The van der Waals surface area contributed by atoms with Gasteiger partial charge in [-0.15, -0.1) is 0 Å². The summed E-state index contributed by atoms with van der Waals surface area (Å²) in [4.78, 5) is 0. The minimum Gasteiger partial charge on any atom is -0.396 e. The Balaban J connectivity index is 2.83. The van der Waals surface area contributed by atoms with Gasteiger partial charge in [-0.25, -0.2) is 0 Å². The molecule has 0 aliphatic heterocycles. The van der Waals surface area contributed by atoms with E-state index in [4.69, 9.17) is 11.0 Å². The number of nitrogens with two attached hydrogens (primary N) is 1. The van der Waals surface area contributed by atoms with E-state index < -0.39 is 0 Å². The Morgan fingerprint density at radius 3 is 2.79 bits per heavy atom. The number of hydrogen-bond donors (Lipinski definition) is 2. The Labute approximate surface area is 84.5 Å². The predicted octanol–water partition coefficient (Wildman–Crippen LogP) is 2.21. The largest absolute Gasteiger partial charge is 0.396 e. The van der Waals surface area contributed by atoms with E-state index in [1.54, 1.807) is 6.07 Å². The first-order valence-electron chi connectivity index (χ1n) is 4.67. The molecule has 0 aromatic heterocycles. The molecule has 0 bridgehead atoms. The van der Waals surface area contributed by atoms with Gasteiger partial charge in [0.05, 0.1) is 16.9 Å². The Morgan fingerprint density at radius 2 is 2.21 bits per heavy atom. The molecule has 1 aromatic rings. The van der Waals surface area contributed by atoms with Gasteiger partial charge in [0.1, 0.15) is 6.07 Å². The highest BCUT2D eigenvalue weighted by molar-refractivity contribution is 5.72. The molecule has 0 atom stereocenters. The van der Waals surface area contributed by atoms with Crippen molar-refractivity contribution in [3.8, 4) is 6.07 Å². The molecule has 0 spiro atoms. The molecule has 74 valence electrons. The van der Waals surface area contributed by atoms with Gasteiger partial charge in [0.2, 0.25) is 0 Å². The van der Waals surface area contributed by atoms with E-state index in [9.17, 15) is 0 Å². The molecule has 0 unspecified atom stereocenters. The van der Waals surface area contributed by atoms with Crippen molar-refractivity contribution in [1.82, 2.24) is 0 Å². The maximum absolute atomic E-state index is 8.76. The smallest absolute Gasteiger partial charge is 0.101 e. The van der Waals surface area contributed by atoms with Crippen LogP contribution in [-0.4, -0.2) is 6.54 Å². The highest BCUT2D eigenvalue weighted by Crippen LogP contribution is 2.21. The Morgan fingerprint density at radius 1 is 1.50 bits per heavy atom. The van der Waals surface area contributed by atoms with Gasteiger partial charge in [0.15, 0.2) is 0 Å². The van der Waals surface area contributed by atoms with Crippen LogP contribution < -0.4 is 11.1 Å². The van der Waals surface area contributed by atoms with Gasteiger partial charge in [0.25, 0.3) is 0 Å². The maximum Gasteiger partial charge on any atom is 0.101 e. The lowest BCUT2D eigenvalue weighted by atomic mass is 10.1. The van der Waals surface area contributed by atoms with Crippen LogP contribution in [0.3, 0.4) is 0 Å². The average Bonchev–Trinajstić information content (AvgIpc) is 2.16. The van der Waals surface area contributed by atoms with Gasteiger partial charge >= 0.3 is 0 Å². The lowest BCUT2D eigenvalue weighted by Gasteiger charge is -2.11. The summed E-state index contributed by atoms with van der Waals surface area (Å²) in [5.74, 6) is 0.556.